The number of hydrogen-bond donors (Lipinski definition) is 0. The first-order valence-corrected chi connectivity index (χ1v) is 4.96. The number of aliphatic carboxylic acids is 1. The van der Waals surface area contributed by atoms with Gasteiger partial charge in [0.15, 0.2) is 0 Å². The molecule has 0 saturated heterocycles. The van der Waals surface area contributed by atoms with Crippen molar-refractivity contribution in [2.75, 3.05) is 0 Å². The highest BCUT2D eigenvalue weighted by molar-refractivity contribution is 5.75. The third kappa shape index (κ3) is 3.37. The Kier molecular flexibility index (Phi) is 4.62. The molecule has 80 valence electrons. The van der Waals surface area contributed by atoms with Gasteiger partial charge in [-0.15, -0.1) is 0 Å². The smallest absolute Gasteiger partial charge is 0.0971 e. The number of rotatable bonds is 5. The van der Waals surface area contributed by atoms with E-state index in [0.717, 1.165) is 0 Å². The SMILES string of the molecule is CC(C)CC(C#N)(CC(C)C)C(=O)[O-]. The van der Waals surface area contributed by atoms with Gasteiger partial charge < -0.3 is 9.90 Å². The Bertz CT molecular complexity index is 228. The molecular formula is C11H18NO2-. The largest absolute Gasteiger partial charge is 0.548 e. The summed E-state index contributed by atoms with van der Waals surface area (Å²) in [6.45, 7) is 7.65. The topological polar surface area (TPSA) is 63.9 Å². The fourth-order valence-electron chi connectivity index (χ4n) is 1.78. The summed E-state index contributed by atoms with van der Waals surface area (Å²) in [7, 11) is 0. The lowest BCUT2D eigenvalue weighted by Crippen LogP contribution is -2.43. The number of carboxylic acids is 1. The average molecular weight is 196 g/mol. The van der Waals surface area contributed by atoms with Crippen molar-refractivity contribution in [2.45, 2.75) is 40.5 Å². The van der Waals surface area contributed by atoms with Gasteiger partial charge in [0.05, 0.1) is 17.5 Å². The molecule has 0 unspecified atom stereocenters. The van der Waals surface area contributed by atoms with E-state index in [1.165, 1.54) is 0 Å². The maximum Gasteiger partial charge on any atom is 0.0971 e. The van der Waals surface area contributed by atoms with Crippen molar-refractivity contribution >= 4 is 5.97 Å². The standard InChI is InChI=1S/C11H19NO2/c1-8(2)5-11(7-12,10(13)14)6-9(3)4/h8-9H,5-6H2,1-4H3,(H,13,14)/p-1. The Morgan fingerprint density at radius 3 is 1.79 bits per heavy atom. The van der Waals surface area contributed by atoms with Crippen LogP contribution in [0.25, 0.3) is 0 Å². The quantitative estimate of drug-likeness (QED) is 0.666. The molecule has 0 fully saturated rings. The Labute approximate surface area is 85.7 Å². The molecular weight excluding hydrogens is 178 g/mol. The van der Waals surface area contributed by atoms with Crippen LogP contribution in [0, 0.1) is 28.6 Å². The van der Waals surface area contributed by atoms with E-state index in [-0.39, 0.29) is 11.8 Å². The fourth-order valence-corrected chi connectivity index (χ4v) is 1.78. The van der Waals surface area contributed by atoms with Crippen LogP contribution < -0.4 is 5.11 Å². The molecule has 0 aromatic rings. The molecule has 0 atom stereocenters. The lowest BCUT2D eigenvalue weighted by atomic mass is 9.75. The van der Waals surface area contributed by atoms with Crippen LogP contribution in [-0.4, -0.2) is 5.97 Å². The van der Waals surface area contributed by atoms with E-state index in [2.05, 4.69) is 0 Å². The van der Waals surface area contributed by atoms with Crippen LogP contribution in [0.3, 0.4) is 0 Å². The predicted molar refractivity (Wildman–Crippen MR) is 52.0 cm³/mol. The highest BCUT2D eigenvalue weighted by atomic mass is 16.4. The molecule has 0 aliphatic carbocycles. The summed E-state index contributed by atoms with van der Waals surface area (Å²) >= 11 is 0. The molecule has 0 N–H and O–H groups in total. The molecule has 0 aromatic carbocycles. The highest BCUT2D eigenvalue weighted by Crippen LogP contribution is 2.32. The molecule has 0 bridgehead atoms. The summed E-state index contributed by atoms with van der Waals surface area (Å²) in [6, 6.07) is 1.92. The number of carbonyl (C=O) groups is 1. The maximum absolute atomic E-state index is 11.0. The van der Waals surface area contributed by atoms with E-state index in [1.807, 2.05) is 33.8 Å². The minimum Gasteiger partial charge on any atom is -0.548 e. The zero-order chi connectivity index (χ0) is 11.4. The van der Waals surface area contributed by atoms with Crippen LogP contribution in [-0.2, 0) is 4.79 Å². The molecule has 0 aliphatic rings. The number of nitrogens with zero attached hydrogens (tertiary/aromatic N) is 1. The van der Waals surface area contributed by atoms with Crippen molar-refractivity contribution in [2.24, 2.45) is 17.3 Å². The van der Waals surface area contributed by atoms with E-state index < -0.39 is 11.4 Å². The predicted octanol–water partition coefficient (Wildman–Crippen LogP) is 1.34. The van der Waals surface area contributed by atoms with Crippen LogP contribution in [0.15, 0.2) is 0 Å². The van der Waals surface area contributed by atoms with Gasteiger partial charge >= 0.3 is 0 Å². The normalized spacial score (nSPS) is 11.8. The van der Waals surface area contributed by atoms with Crippen molar-refractivity contribution in [1.82, 2.24) is 0 Å². The second-order valence-electron chi connectivity index (χ2n) is 4.68. The van der Waals surface area contributed by atoms with Gasteiger partial charge in [0, 0.05) is 0 Å². The number of carboxylic acid groups (broad SMARTS) is 1. The molecule has 3 heteroatoms. The molecule has 0 amide bonds. The summed E-state index contributed by atoms with van der Waals surface area (Å²) in [6.07, 6.45) is 0.730. The van der Waals surface area contributed by atoms with Crippen LogP contribution in [0.1, 0.15) is 40.5 Å². The molecule has 0 saturated carbocycles. The molecule has 0 aliphatic heterocycles. The van der Waals surface area contributed by atoms with Gasteiger partial charge in [-0.25, -0.2) is 0 Å². The van der Waals surface area contributed by atoms with Crippen molar-refractivity contribution < 1.29 is 9.90 Å². The van der Waals surface area contributed by atoms with Crippen LogP contribution >= 0.6 is 0 Å². The van der Waals surface area contributed by atoms with E-state index in [1.54, 1.807) is 0 Å². The van der Waals surface area contributed by atoms with Gasteiger partial charge in [-0.1, -0.05) is 27.7 Å². The summed E-state index contributed by atoms with van der Waals surface area (Å²) in [5.74, 6) is -0.861. The van der Waals surface area contributed by atoms with Crippen LogP contribution in [0.5, 0.6) is 0 Å². The molecule has 0 aromatic heterocycles. The third-order valence-electron chi connectivity index (χ3n) is 2.12. The summed E-state index contributed by atoms with van der Waals surface area (Å²) < 4.78 is 0. The number of nitriles is 1. The number of carbonyl (C=O) groups excluding carboxylic acids is 1. The first-order chi connectivity index (χ1) is 6.34. The Hall–Kier alpha value is -1.04. The molecule has 0 radical (unpaired) electrons. The number of hydrogen-bond acceptors (Lipinski definition) is 3. The Morgan fingerprint density at radius 1 is 1.29 bits per heavy atom. The summed E-state index contributed by atoms with van der Waals surface area (Å²) in [4.78, 5) is 11.0. The average Bonchev–Trinajstić information content (AvgIpc) is 2.00. The summed E-state index contributed by atoms with van der Waals surface area (Å²) in [5.41, 5.74) is -1.30. The zero-order valence-corrected chi connectivity index (χ0v) is 9.33. The first-order valence-electron chi connectivity index (χ1n) is 4.96. The third-order valence-corrected chi connectivity index (χ3v) is 2.12. The lowest BCUT2D eigenvalue weighted by molar-refractivity contribution is -0.317. The lowest BCUT2D eigenvalue weighted by Gasteiger charge is -2.30. The van der Waals surface area contributed by atoms with E-state index in [4.69, 9.17) is 5.26 Å². The van der Waals surface area contributed by atoms with Crippen molar-refractivity contribution in [3.05, 3.63) is 0 Å². The minimum absolute atomic E-state index is 0.186. The van der Waals surface area contributed by atoms with Gasteiger partial charge in [-0.05, 0) is 24.7 Å². The van der Waals surface area contributed by atoms with Crippen LogP contribution in [0.4, 0.5) is 0 Å². The molecule has 0 spiro atoms. The van der Waals surface area contributed by atoms with Crippen LogP contribution in [0.2, 0.25) is 0 Å². The molecule has 0 heterocycles. The van der Waals surface area contributed by atoms with Crippen molar-refractivity contribution in [3.63, 3.8) is 0 Å². The Balaban J connectivity index is 4.82. The van der Waals surface area contributed by atoms with Gasteiger partial charge in [-0.2, -0.15) is 5.26 Å². The van der Waals surface area contributed by atoms with Crippen molar-refractivity contribution in [1.29, 1.82) is 5.26 Å². The van der Waals surface area contributed by atoms with Gasteiger partial charge in [-0.3, -0.25) is 0 Å². The minimum atomic E-state index is -1.30. The second-order valence-corrected chi connectivity index (χ2v) is 4.68. The van der Waals surface area contributed by atoms with Crippen molar-refractivity contribution in [3.8, 4) is 6.07 Å². The van der Waals surface area contributed by atoms with E-state index >= 15 is 0 Å². The van der Waals surface area contributed by atoms with E-state index in [9.17, 15) is 9.90 Å². The van der Waals surface area contributed by atoms with Gasteiger partial charge in [0.25, 0.3) is 0 Å². The summed E-state index contributed by atoms with van der Waals surface area (Å²) in [5, 5.41) is 20.0. The van der Waals surface area contributed by atoms with Gasteiger partial charge in [0.2, 0.25) is 0 Å². The van der Waals surface area contributed by atoms with E-state index in [0.29, 0.717) is 12.8 Å². The monoisotopic (exact) mass is 196 g/mol. The highest BCUT2D eigenvalue weighted by Gasteiger charge is 2.33. The zero-order valence-electron chi connectivity index (χ0n) is 9.33. The first kappa shape index (κ1) is 13.0. The molecule has 0 rings (SSSR count). The molecule has 3 nitrogen and oxygen atoms in total. The fraction of sp³-hybridized carbons (Fsp3) is 0.818. The second kappa shape index (κ2) is 4.99. The molecule has 14 heavy (non-hydrogen) atoms. The Morgan fingerprint density at radius 2 is 1.64 bits per heavy atom. The maximum atomic E-state index is 11.0. The van der Waals surface area contributed by atoms with Gasteiger partial charge in [0.1, 0.15) is 0 Å².